The van der Waals surface area contributed by atoms with Gasteiger partial charge in [-0.25, -0.2) is 13.1 Å². The molecule has 1 aromatic rings. The van der Waals surface area contributed by atoms with Gasteiger partial charge in [-0.15, -0.1) is 0 Å². The Hall–Kier alpha value is -0.910. The Morgan fingerprint density at radius 2 is 1.76 bits per heavy atom. The highest BCUT2D eigenvalue weighted by atomic mass is 32.2. The van der Waals surface area contributed by atoms with Crippen LogP contribution in [0.3, 0.4) is 0 Å². The van der Waals surface area contributed by atoms with E-state index in [9.17, 15) is 8.42 Å². The van der Waals surface area contributed by atoms with Gasteiger partial charge in [0.05, 0.1) is 4.90 Å². The third-order valence-corrected chi connectivity index (χ3v) is 5.42. The normalized spacial score (nSPS) is 24.1. The van der Waals surface area contributed by atoms with Crippen molar-refractivity contribution in [3.05, 3.63) is 30.3 Å². The molecule has 1 N–H and O–H groups in total. The van der Waals surface area contributed by atoms with Crippen molar-refractivity contribution in [2.24, 2.45) is 11.8 Å². The summed E-state index contributed by atoms with van der Waals surface area (Å²) in [6, 6.07) is 8.54. The summed E-state index contributed by atoms with van der Waals surface area (Å²) in [4.78, 5) is 2.79. The zero-order valence-corrected chi connectivity index (χ0v) is 13.8. The number of likely N-dealkylation sites (tertiary alicyclic amines) is 1. The van der Waals surface area contributed by atoms with Crippen molar-refractivity contribution in [3.63, 3.8) is 0 Å². The molecule has 1 saturated heterocycles. The molecule has 0 amide bonds. The van der Waals surface area contributed by atoms with Gasteiger partial charge in [0.25, 0.3) is 0 Å². The topological polar surface area (TPSA) is 49.4 Å². The highest BCUT2D eigenvalue weighted by Gasteiger charge is 2.21. The summed E-state index contributed by atoms with van der Waals surface area (Å²) in [6.07, 6.45) is 2.16. The van der Waals surface area contributed by atoms with Crippen LogP contribution in [0.25, 0.3) is 0 Å². The number of hydrogen-bond donors (Lipinski definition) is 1. The number of benzene rings is 1. The summed E-state index contributed by atoms with van der Waals surface area (Å²) in [5, 5.41) is 0. The molecule has 2 rings (SSSR count). The van der Waals surface area contributed by atoms with E-state index in [4.69, 9.17) is 0 Å². The summed E-state index contributed by atoms with van der Waals surface area (Å²) in [6.45, 7) is 8.32. The predicted octanol–water partition coefficient (Wildman–Crippen LogP) is 2.33. The number of rotatable bonds is 6. The van der Waals surface area contributed by atoms with Crippen LogP contribution in [0.15, 0.2) is 35.2 Å². The number of nitrogens with one attached hydrogen (secondary N) is 1. The molecule has 0 saturated carbocycles. The van der Waals surface area contributed by atoms with Crippen molar-refractivity contribution in [2.75, 3.05) is 26.2 Å². The largest absolute Gasteiger partial charge is 0.303 e. The van der Waals surface area contributed by atoms with Crippen LogP contribution in [0.1, 0.15) is 26.7 Å². The molecule has 5 heteroatoms. The van der Waals surface area contributed by atoms with Crippen LogP contribution in [0.5, 0.6) is 0 Å². The maximum atomic E-state index is 12.1. The molecule has 0 aromatic heterocycles. The average Bonchev–Trinajstić information content (AvgIpc) is 2.44. The fourth-order valence-electron chi connectivity index (χ4n) is 3.17. The van der Waals surface area contributed by atoms with Crippen LogP contribution >= 0.6 is 0 Å². The number of piperidine rings is 1. The SMILES string of the molecule is CC1CC(C)CN(CCCNS(=O)(=O)c2ccccc2)C1. The Morgan fingerprint density at radius 3 is 2.38 bits per heavy atom. The summed E-state index contributed by atoms with van der Waals surface area (Å²) in [5.41, 5.74) is 0. The van der Waals surface area contributed by atoms with Gasteiger partial charge in [-0.05, 0) is 43.4 Å². The van der Waals surface area contributed by atoms with Gasteiger partial charge >= 0.3 is 0 Å². The first-order valence-corrected chi connectivity index (χ1v) is 9.23. The van der Waals surface area contributed by atoms with Gasteiger partial charge in [-0.1, -0.05) is 32.0 Å². The van der Waals surface area contributed by atoms with Gasteiger partial charge in [-0.2, -0.15) is 0 Å². The van der Waals surface area contributed by atoms with Crippen LogP contribution < -0.4 is 4.72 Å². The minimum absolute atomic E-state index is 0.338. The number of hydrogen-bond acceptors (Lipinski definition) is 3. The van der Waals surface area contributed by atoms with Crippen LogP contribution in [0.4, 0.5) is 0 Å². The molecule has 0 aliphatic carbocycles. The second-order valence-corrected chi connectivity index (χ2v) is 8.04. The second kappa shape index (κ2) is 7.38. The molecule has 2 unspecified atom stereocenters. The zero-order chi connectivity index (χ0) is 15.3. The number of sulfonamides is 1. The lowest BCUT2D eigenvalue weighted by atomic mass is 9.92. The van der Waals surface area contributed by atoms with E-state index in [0.717, 1.165) is 37.9 Å². The van der Waals surface area contributed by atoms with Crippen LogP contribution in [0.2, 0.25) is 0 Å². The summed E-state index contributed by atoms with van der Waals surface area (Å²) >= 11 is 0. The molecule has 0 spiro atoms. The lowest BCUT2D eigenvalue weighted by Crippen LogP contribution is -2.40. The van der Waals surface area contributed by atoms with E-state index in [1.54, 1.807) is 24.3 Å². The van der Waals surface area contributed by atoms with Gasteiger partial charge in [0, 0.05) is 19.6 Å². The van der Waals surface area contributed by atoms with Crippen molar-refractivity contribution in [1.29, 1.82) is 0 Å². The van der Waals surface area contributed by atoms with Crippen molar-refractivity contribution >= 4 is 10.0 Å². The van der Waals surface area contributed by atoms with Gasteiger partial charge in [0.1, 0.15) is 0 Å². The molecule has 4 nitrogen and oxygen atoms in total. The minimum atomic E-state index is -3.35. The maximum Gasteiger partial charge on any atom is 0.240 e. The van der Waals surface area contributed by atoms with Crippen molar-refractivity contribution in [1.82, 2.24) is 9.62 Å². The third kappa shape index (κ3) is 5.09. The highest BCUT2D eigenvalue weighted by Crippen LogP contribution is 2.20. The van der Waals surface area contributed by atoms with E-state index in [1.165, 1.54) is 6.42 Å². The monoisotopic (exact) mass is 310 g/mol. The molecule has 1 fully saturated rings. The first-order chi connectivity index (χ1) is 9.97. The Morgan fingerprint density at radius 1 is 1.14 bits per heavy atom. The summed E-state index contributed by atoms with van der Waals surface area (Å²) < 4.78 is 26.8. The minimum Gasteiger partial charge on any atom is -0.303 e. The van der Waals surface area contributed by atoms with Gasteiger partial charge in [0.15, 0.2) is 0 Å². The molecule has 2 atom stereocenters. The molecular weight excluding hydrogens is 284 g/mol. The lowest BCUT2D eigenvalue weighted by Gasteiger charge is -2.34. The standard InChI is InChI=1S/C16H26N2O2S/c1-14-11-15(2)13-18(12-14)10-6-9-17-21(19,20)16-7-4-3-5-8-16/h3-5,7-8,14-15,17H,6,9-13H2,1-2H3. The predicted molar refractivity (Wildman–Crippen MR) is 85.6 cm³/mol. The van der Waals surface area contributed by atoms with E-state index in [-0.39, 0.29) is 0 Å². The van der Waals surface area contributed by atoms with E-state index in [0.29, 0.717) is 11.4 Å². The van der Waals surface area contributed by atoms with E-state index in [2.05, 4.69) is 23.5 Å². The van der Waals surface area contributed by atoms with E-state index in [1.807, 2.05) is 6.07 Å². The average molecular weight is 310 g/mol. The van der Waals surface area contributed by atoms with Gasteiger partial charge in [0.2, 0.25) is 10.0 Å². The van der Waals surface area contributed by atoms with Crippen LogP contribution in [-0.4, -0.2) is 39.5 Å². The molecule has 1 aliphatic heterocycles. The number of nitrogens with zero attached hydrogens (tertiary/aromatic N) is 1. The molecule has 118 valence electrons. The third-order valence-electron chi connectivity index (χ3n) is 3.94. The van der Waals surface area contributed by atoms with Crippen molar-refractivity contribution < 1.29 is 8.42 Å². The maximum absolute atomic E-state index is 12.1. The molecular formula is C16H26N2O2S. The van der Waals surface area contributed by atoms with Crippen molar-refractivity contribution in [2.45, 2.75) is 31.6 Å². The Kier molecular flexibility index (Phi) is 5.79. The molecule has 1 aliphatic rings. The molecule has 0 bridgehead atoms. The Bertz CT molecular complexity index is 520. The Labute approximate surface area is 128 Å². The molecule has 21 heavy (non-hydrogen) atoms. The summed E-state index contributed by atoms with van der Waals surface area (Å²) in [5.74, 6) is 1.49. The lowest BCUT2D eigenvalue weighted by molar-refractivity contribution is 0.140. The molecule has 1 aromatic carbocycles. The van der Waals surface area contributed by atoms with Crippen molar-refractivity contribution in [3.8, 4) is 0 Å². The van der Waals surface area contributed by atoms with Gasteiger partial charge < -0.3 is 4.90 Å². The van der Waals surface area contributed by atoms with E-state index < -0.39 is 10.0 Å². The van der Waals surface area contributed by atoms with Gasteiger partial charge in [-0.3, -0.25) is 0 Å². The summed E-state index contributed by atoms with van der Waals surface area (Å²) in [7, 11) is -3.35. The van der Waals surface area contributed by atoms with Crippen LogP contribution in [0, 0.1) is 11.8 Å². The Balaban J connectivity index is 1.75. The van der Waals surface area contributed by atoms with Crippen LogP contribution in [-0.2, 0) is 10.0 Å². The fourth-order valence-corrected chi connectivity index (χ4v) is 4.26. The molecule has 0 radical (unpaired) electrons. The van der Waals surface area contributed by atoms with E-state index >= 15 is 0 Å². The second-order valence-electron chi connectivity index (χ2n) is 6.27. The molecule has 1 heterocycles. The highest BCUT2D eigenvalue weighted by molar-refractivity contribution is 7.89. The quantitative estimate of drug-likeness (QED) is 0.821. The smallest absolute Gasteiger partial charge is 0.240 e. The first kappa shape index (κ1) is 16.5. The fraction of sp³-hybridized carbons (Fsp3) is 0.625. The zero-order valence-electron chi connectivity index (χ0n) is 13.0. The first-order valence-electron chi connectivity index (χ1n) is 7.74.